The molecule has 0 radical (unpaired) electrons. The number of benzene rings is 2. The van der Waals surface area contributed by atoms with Crippen LogP contribution in [0.3, 0.4) is 0 Å². The standard InChI is InChI=1S/C18H21N3O4S/c1-3-17(22)21-15-6-4-5-14(11-15)18(23)20-12-13-7-9-16(10-8-13)26(24,25)19-2/h4-11,19H,3,12H2,1-2H3,(H,20,23)(H,21,22). The van der Waals surface area contributed by atoms with Crippen molar-refractivity contribution in [2.45, 2.75) is 24.8 Å². The lowest BCUT2D eigenvalue weighted by molar-refractivity contribution is -0.115. The van der Waals surface area contributed by atoms with Crippen LogP contribution in [0.4, 0.5) is 5.69 Å². The van der Waals surface area contributed by atoms with Crippen molar-refractivity contribution in [2.75, 3.05) is 12.4 Å². The van der Waals surface area contributed by atoms with E-state index in [4.69, 9.17) is 0 Å². The third-order valence-corrected chi connectivity index (χ3v) is 5.12. The number of anilines is 1. The SMILES string of the molecule is CCC(=O)Nc1cccc(C(=O)NCc2ccc(S(=O)(=O)NC)cc2)c1. The highest BCUT2D eigenvalue weighted by atomic mass is 32.2. The molecule has 2 rings (SSSR count). The first-order valence-corrected chi connectivity index (χ1v) is 9.54. The smallest absolute Gasteiger partial charge is 0.251 e. The van der Waals surface area contributed by atoms with E-state index >= 15 is 0 Å². The van der Waals surface area contributed by atoms with E-state index in [2.05, 4.69) is 15.4 Å². The van der Waals surface area contributed by atoms with Crippen LogP contribution >= 0.6 is 0 Å². The average Bonchev–Trinajstić information content (AvgIpc) is 2.66. The molecule has 2 amide bonds. The summed E-state index contributed by atoms with van der Waals surface area (Å²) in [6.45, 7) is 2.00. The highest BCUT2D eigenvalue weighted by Gasteiger charge is 2.11. The normalized spacial score (nSPS) is 11.0. The van der Waals surface area contributed by atoms with Crippen LogP contribution in [-0.2, 0) is 21.4 Å². The molecule has 2 aromatic rings. The van der Waals surface area contributed by atoms with Crippen LogP contribution < -0.4 is 15.4 Å². The quantitative estimate of drug-likeness (QED) is 0.687. The van der Waals surface area contributed by atoms with Gasteiger partial charge >= 0.3 is 0 Å². The highest BCUT2D eigenvalue weighted by molar-refractivity contribution is 7.89. The Balaban J connectivity index is 2.00. The molecular weight excluding hydrogens is 354 g/mol. The number of nitrogens with one attached hydrogen (secondary N) is 3. The van der Waals surface area contributed by atoms with Crippen molar-refractivity contribution in [1.29, 1.82) is 0 Å². The predicted octanol–water partition coefficient (Wildman–Crippen LogP) is 1.87. The van der Waals surface area contributed by atoms with Gasteiger partial charge in [0, 0.05) is 24.2 Å². The Labute approximate surface area is 152 Å². The van der Waals surface area contributed by atoms with Gasteiger partial charge in [0.05, 0.1) is 4.90 Å². The van der Waals surface area contributed by atoms with E-state index in [1.807, 2.05) is 0 Å². The molecule has 0 aliphatic rings. The minimum absolute atomic E-state index is 0.126. The lowest BCUT2D eigenvalue weighted by Gasteiger charge is -2.09. The third-order valence-electron chi connectivity index (χ3n) is 3.69. The molecule has 0 heterocycles. The van der Waals surface area contributed by atoms with Crippen molar-refractivity contribution in [3.05, 3.63) is 59.7 Å². The van der Waals surface area contributed by atoms with Gasteiger partial charge in [-0.1, -0.05) is 25.1 Å². The van der Waals surface area contributed by atoms with Crippen LogP contribution in [0.25, 0.3) is 0 Å². The summed E-state index contributed by atoms with van der Waals surface area (Å²) in [4.78, 5) is 23.9. The van der Waals surface area contributed by atoms with E-state index in [0.29, 0.717) is 17.7 Å². The van der Waals surface area contributed by atoms with E-state index in [1.165, 1.54) is 19.2 Å². The zero-order chi connectivity index (χ0) is 19.2. The van der Waals surface area contributed by atoms with Crippen LogP contribution in [0.1, 0.15) is 29.3 Å². The molecule has 26 heavy (non-hydrogen) atoms. The Hall–Kier alpha value is -2.71. The van der Waals surface area contributed by atoms with Gasteiger partial charge in [-0.15, -0.1) is 0 Å². The Kier molecular flexibility index (Phi) is 6.48. The fraction of sp³-hybridized carbons (Fsp3) is 0.222. The van der Waals surface area contributed by atoms with Gasteiger partial charge in [0.1, 0.15) is 0 Å². The van der Waals surface area contributed by atoms with Gasteiger partial charge in [-0.2, -0.15) is 0 Å². The van der Waals surface area contributed by atoms with Gasteiger partial charge in [0.2, 0.25) is 15.9 Å². The number of carbonyl (C=O) groups excluding carboxylic acids is 2. The fourth-order valence-corrected chi connectivity index (χ4v) is 2.91. The van der Waals surface area contributed by atoms with Crippen molar-refractivity contribution in [3.63, 3.8) is 0 Å². The van der Waals surface area contributed by atoms with Crippen LogP contribution in [0.5, 0.6) is 0 Å². The maximum Gasteiger partial charge on any atom is 0.251 e. The number of sulfonamides is 1. The van der Waals surface area contributed by atoms with E-state index in [0.717, 1.165) is 5.56 Å². The summed E-state index contributed by atoms with van der Waals surface area (Å²) in [5.41, 5.74) is 1.75. The molecule has 0 aliphatic carbocycles. The number of rotatable bonds is 7. The maximum atomic E-state index is 12.3. The number of amides is 2. The molecule has 8 heteroatoms. The molecule has 0 saturated carbocycles. The minimum atomic E-state index is -3.48. The van der Waals surface area contributed by atoms with Crippen LogP contribution in [0.15, 0.2) is 53.4 Å². The van der Waals surface area contributed by atoms with Crippen LogP contribution in [0, 0.1) is 0 Å². The van der Waals surface area contributed by atoms with Gasteiger partial charge in [0.25, 0.3) is 5.91 Å². The Bertz CT molecular complexity index is 893. The molecular formula is C18H21N3O4S. The average molecular weight is 375 g/mol. The van der Waals surface area contributed by atoms with E-state index in [-0.39, 0.29) is 23.3 Å². The minimum Gasteiger partial charge on any atom is -0.348 e. The number of hydrogen-bond acceptors (Lipinski definition) is 4. The molecule has 0 fully saturated rings. The Morgan fingerprint density at radius 3 is 2.35 bits per heavy atom. The molecule has 0 aliphatic heterocycles. The van der Waals surface area contributed by atoms with Crippen molar-refractivity contribution < 1.29 is 18.0 Å². The first-order valence-electron chi connectivity index (χ1n) is 8.06. The molecule has 0 spiro atoms. The molecule has 0 atom stereocenters. The topological polar surface area (TPSA) is 104 Å². The summed E-state index contributed by atoms with van der Waals surface area (Å²) >= 11 is 0. The van der Waals surface area contributed by atoms with Gasteiger partial charge in [-0.25, -0.2) is 13.1 Å². The number of hydrogen-bond donors (Lipinski definition) is 3. The van der Waals surface area contributed by atoms with Gasteiger partial charge in [-0.3, -0.25) is 9.59 Å². The monoisotopic (exact) mass is 375 g/mol. The zero-order valence-corrected chi connectivity index (χ0v) is 15.4. The summed E-state index contributed by atoms with van der Waals surface area (Å²) in [7, 11) is -2.13. The van der Waals surface area contributed by atoms with E-state index in [9.17, 15) is 18.0 Å². The lowest BCUT2D eigenvalue weighted by Crippen LogP contribution is -2.23. The summed E-state index contributed by atoms with van der Waals surface area (Å²) in [6.07, 6.45) is 0.357. The highest BCUT2D eigenvalue weighted by Crippen LogP contribution is 2.12. The van der Waals surface area contributed by atoms with Gasteiger partial charge in [-0.05, 0) is 42.9 Å². The first-order chi connectivity index (χ1) is 12.4. The van der Waals surface area contributed by atoms with Crippen molar-refractivity contribution in [2.24, 2.45) is 0 Å². The lowest BCUT2D eigenvalue weighted by atomic mass is 10.1. The molecule has 2 aromatic carbocycles. The van der Waals surface area contributed by atoms with E-state index < -0.39 is 10.0 Å². The van der Waals surface area contributed by atoms with Crippen LogP contribution in [-0.4, -0.2) is 27.3 Å². The maximum absolute atomic E-state index is 12.3. The third kappa shape index (κ3) is 5.14. The number of carbonyl (C=O) groups is 2. The zero-order valence-electron chi connectivity index (χ0n) is 14.6. The Morgan fingerprint density at radius 2 is 1.73 bits per heavy atom. The second kappa shape index (κ2) is 8.59. The van der Waals surface area contributed by atoms with Crippen LogP contribution in [0.2, 0.25) is 0 Å². The van der Waals surface area contributed by atoms with Gasteiger partial charge < -0.3 is 10.6 Å². The molecule has 0 saturated heterocycles. The molecule has 138 valence electrons. The molecule has 0 unspecified atom stereocenters. The summed E-state index contributed by atoms with van der Waals surface area (Å²) in [5.74, 6) is -0.413. The first kappa shape index (κ1) is 19.6. The molecule has 7 nitrogen and oxygen atoms in total. The second-order valence-corrected chi connectivity index (χ2v) is 7.40. The van der Waals surface area contributed by atoms with E-state index in [1.54, 1.807) is 43.3 Å². The molecule has 0 aromatic heterocycles. The molecule has 0 bridgehead atoms. The predicted molar refractivity (Wildman–Crippen MR) is 99.2 cm³/mol. The summed E-state index contributed by atoms with van der Waals surface area (Å²) in [5, 5.41) is 5.47. The Morgan fingerprint density at radius 1 is 1.04 bits per heavy atom. The summed E-state index contributed by atoms with van der Waals surface area (Å²) < 4.78 is 25.6. The van der Waals surface area contributed by atoms with Crippen molar-refractivity contribution in [3.8, 4) is 0 Å². The summed E-state index contributed by atoms with van der Waals surface area (Å²) in [6, 6.07) is 12.9. The van der Waals surface area contributed by atoms with Crippen molar-refractivity contribution in [1.82, 2.24) is 10.0 Å². The van der Waals surface area contributed by atoms with Crippen molar-refractivity contribution >= 4 is 27.5 Å². The largest absolute Gasteiger partial charge is 0.348 e. The fourth-order valence-electron chi connectivity index (χ4n) is 2.18. The molecule has 3 N–H and O–H groups in total. The van der Waals surface area contributed by atoms with Gasteiger partial charge in [0.15, 0.2) is 0 Å². The second-order valence-electron chi connectivity index (χ2n) is 5.52.